The van der Waals surface area contributed by atoms with E-state index in [1.54, 1.807) is 13.1 Å². The van der Waals surface area contributed by atoms with Gasteiger partial charge < -0.3 is 15.7 Å². The Morgan fingerprint density at radius 2 is 1.93 bits per heavy atom. The van der Waals surface area contributed by atoms with Crippen molar-refractivity contribution >= 4 is 22.8 Å². The molecule has 0 amide bonds. The van der Waals surface area contributed by atoms with E-state index in [4.69, 9.17) is 0 Å². The molecular formula is C19H18F3N5O2. The second kappa shape index (κ2) is 8.00. The maximum atomic E-state index is 13.3. The third kappa shape index (κ3) is 4.27. The summed E-state index contributed by atoms with van der Waals surface area (Å²) in [5.74, 6) is -0.935. The van der Waals surface area contributed by atoms with Gasteiger partial charge in [0.05, 0.1) is 17.2 Å². The van der Waals surface area contributed by atoms with Crippen LogP contribution in [0.3, 0.4) is 0 Å². The first kappa shape index (κ1) is 20.5. The highest BCUT2D eigenvalue weighted by atomic mass is 19.4. The van der Waals surface area contributed by atoms with Crippen LogP contribution in [-0.2, 0) is 6.18 Å². The zero-order chi connectivity index (χ0) is 21.2. The maximum absolute atomic E-state index is 13.3. The highest BCUT2D eigenvalue weighted by molar-refractivity contribution is 6.02. The van der Waals surface area contributed by atoms with Crippen molar-refractivity contribution in [1.82, 2.24) is 20.3 Å². The fourth-order valence-electron chi connectivity index (χ4n) is 3.02. The monoisotopic (exact) mass is 405 g/mol. The molecule has 0 aliphatic carbocycles. The zero-order valence-electron chi connectivity index (χ0n) is 15.6. The lowest BCUT2D eigenvalue weighted by Crippen LogP contribution is -2.25. The van der Waals surface area contributed by atoms with Crippen molar-refractivity contribution in [3.63, 3.8) is 0 Å². The average Bonchev–Trinajstić information content (AvgIpc) is 2.67. The zero-order valence-corrected chi connectivity index (χ0v) is 15.6. The van der Waals surface area contributed by atoms with Crippen molar-refractivity contribution in [1.29, 1.82) is 0 Å². The van der Waals surface area contributed by atoms with Gasteiger partial charge in [-0.3, -0.25) is 4.98 Å². The van der Waals surface area contributed by atoms with E-state index in [2.05, 4.69) is 25.6 Å². The standard InChI is InChI=1S/C19H18F3N5O2/c1-10-3-4-11(7-13(10)19(20,21)22)14(8-23-2)27-17-16-15(25-9-26-17)12(18(28)29)5-6-24-16/h3-7,9,14,23H,8H2,1-2H3,(H,28,29)(H,25,26,27)/t14-/m1/s1. The van der Waals surface area contributed by atoms with Gasteiger partial charge in [-0.05, 0) is 37.2 Å². The summed E-state index contributed by atoms with van der Waals surface area (Å²) in [6.07, 6.45) is -1.96. The first-order valence-electron chi connectivity index (χ1n) is 8.64. The van der Waals surface area contributed by atoms with Gasteiger partial charge in [0.2, 0.25) is 0 Å². The quantitative estimate of drug-likeness (QED) is 0.578. The van der Waals surface area contributed by atoms with Crippen LogP contribution in [0.2, 0.25) is 0 Å². The number of nitrogens with one attached hydrogen (secondary N) is 2. The first-order valence-corrected chi connectivity index (χ1v) is 8.64. The van der Waals surface area contributed by atoms with E-state index in [-0.39, 0.29) is 28.0 Å². The minimum absolute atomic E-state index is 0.0414. The fraction of sp³-hybridized carbons (Fsp3) is 0.263. The number of aromatic carboxylic acids is 1. The van der Waals surface area contributed by atoms with E-state index in [1.807, 2.05) is 0 Å². The predicted octanol–water partition coefficient (Wildman–Crippen LogP) is 3.42. The summed E-state index contributed by atoms with van der Waals surface area (Å²) in [4.78, 5) is 23.7. The molecule has 0 fully saturated rings. The number of nitrogens with zero attached hydrogens (tertiary/aromatic N) is 3. The van der Waals surface area contributed by atoms with Crippen molar-refractivity contribution in [2.24, 2.45) is 0 Å². The minimum atomic E-state index is -4.47. The van der Waals surface area contributed by atoms with E-state index < -0.39 is 23.8 Å². The molecule has 3 aromatic rings. The van der Waals surface area contributed by atoms with Crippen LogP contribution in [0.5, 0.6) is 0 Å². The topological polar surface area (TPSA) is 100 Å². The fourth-order valence-corrected chi connectivity index (χ4v) is 3.02. The van der Waals surface area contributed by atoms with Crippen LogP contribution >= 0.6 is 0 Å². The van der Waals surface area contributed by atoms with Gasteiger partial charge >= 0.3 is 12.1 Å². The van der Waals surface area contributed by atoms with E-state index in [1.165, 1.54) is 31.6 Å². The minimum Gasteiger partial charge on any atom is -0.478 e. The molecule has 3 rings (SSSR count). The Balaban J connectivity index is 2.05. The molecule has 0 aliphatic heterocycles. The Hall–Kier alpha value is -3.27. The molecule has 29 heavy (non-hydrogen) atoms. The van der Waals surface area contributed by atoms with Crippen molar-refractivity contribution in [2.75, 3.05) is 18.9 Å². The summed E-state index contributed by atoms with van der Waals surface area (Å²) >= 11 is 0. The van der Waals surface area contributed by atoms with Crippen LogP contribution in [0, 0.1) is 6.92 Å². The molecule has 7 nitrogen and oxygen atoms in total. The summed E-state index contributed by atoms with van der Waals surface area (Å²) < 4.78 is 39.9. The van der Waals surface area contributed by atoms with Crippen LogP contribution in [-0.4, -0.2) is 39.6 Å². The number of likely N-dealkylation sites (N-methyl/N-ethyl adjacent to an activating group) is 1. The van der Waals surface area contributed by atoms with Crippen LogP contribution in [0.25, 0.3) is 11.0 Å². The van der Waals surface area contributed by atoms with E-state index in [9.17, 15) is 23.1 Å². The van der Waals surface area contributed by atoms with Gasteiger partial charge in [-0.25, -0.2) is 14.8 Å². The molecule has 2 heterocycles. The van der Waals surface area contributed by atoms with E-state index >= 15 is 0 Å². The molecular weight excluding hydrogens is 387 g/mol. The smallest absolute Gasteiger partial charge is 0.416 e. The van der Waals surface area contributed by atoms with Crippen LogP contribution in [0.1, 0.15) is 33.1 Å². The SMILES string of the molecule is CNC[C@@H](Nc1ncnc2c(C(=O)O)ccnc12)c1ccc(C)c(C(F)(F)F)c1. The van der Waals surface area contributed by atoms with E-state index in [0.717, 1.165) is 6.07 Å². The van der Waals surface area contributed by atoms with Gasteiger partial charge in [-0.1, -0.05) is 12.1 Å². The summed E-state index contributed by atoms with van der Waals surface area (Å²) in [7, 11) is 1.67. The van der Waals surface area contributed by atoms with E-state index in [0.29, 0.717) is 12.1 Å². The Bertz CT molecular complexity index is 1060. The molecule has 0 unspecified atom stereocenters. The molecule has 0 radical (unpaired) electrons. The van der Waals surface area contributed by atoms with Gasteiger partial charge in [-0.2, -0.15) is 13.2 Å². The maximum Gasteiger partial charge on any atom is 0.416 e. The number of alkyl halides is 3. The highest BCUT2D eigenvalue weighted by Gasteiger charge is 2.33. The highest BCUT2D eigenvalue weighted by Crippen LogP contribution is 2.34. The largest absolute Gasteiger partial charge is 0.478 e. The van der Waals surface area contributed by atoms with Crippen molar-refractivity contribution in [2.45, 2.75) is 19.1 Å². The average molecular weight is 405 g/mol. The first-order chi connectivity index (χ1) is 13.7. The molecule has 3 N–H and O–H groups in total. The van der Waals surface area contributed by atoms with Gasteiger partial charge in [0.15, 0.2) is 5.82 Å². The summed E-state index contributed by atoms with van der Waals surface area (Å²) in [6, 6.07) is 4.88. The number of carbonyl (C=O) groups is 1. The lowest BCUT2D eigenvalue weighted by Gasteiger charge is -2.22. The van der Waals surface area contributed by atoms with Crippen molar-refractivity contribution in [3.8, 4) is 0 Å². The molecule has 1 aromatic carbocycles. The third-order valence-corrected chi connectivity index (χ3v) is 4.44. The van der Waals surface area contributed by atoms with Gasteiger partial charge in [0.1, 0.15) is 17.4 Å². The molecule has 2 aromatic heterocycles. The van der Waals surface area contributed by atoms with Crippen LogP contribution in [0.4, 0.5) is 19.0 Å². The summed E-state index contributed by atoms with van der Waals surface area (Å²) in [5, 5.41) is 15.3. The van der Waals surface area contributed by atoms with Gasteiger partial charge in [0, 0.05) is 12.7 Å². The lowest BCUT2D eigenvalue weighted by atomic mass is 9.99. The number of carboxylic acid groups (broad SMARTS) is 1. The second-order valence-electron chi connectivity index (χ2n) is 6.41. The summed E-state index contributed by atoms with van der Waals surface area (Å²) in [6.45, 7) is 1.70. The van der Waals surface area contributed by atoms with Crippen LogP contribution < -0.4 is 10.6 Å². The molecule has 1 atom stereocenters. The predicted molar refractivity (Wildman–Crippen MR) is 101 cm³/mol. The Morgan fingerprint density at radius 3 is 2.59 bits per heavy atom. The number of carboxylic acids is 1. The normalized spacial score (nSPS) is 12.7. The van der Waals surface area contributed by atoms with Crippen molar-refractivity contribution < 1.29 is 23.1 Å². The Labute approximate surface area is 164 Å². The molecule has 0 bridgehead atoms. The number of aromatic nitrogens is 3. The molecule has 152 valence electrons. The number of hydrogen-bond acceptors (Lipinski definition) is 6. The number of halogens is 3. The number of rotatable bonds is 6. The number of benzene rings is 1. The number of anilines is 1. The second-order valence-corrected chi connectivity index (χ2v) is 6.41. The van der Waals surface area contributed by atoms with Gasteiger partial charge in [0.25, 0.3) is 0 Å². The third-order valence-electron chi connectivity index (χ3n) is 4.44. The molecule has 0 aliphatic rings. The number of pyridine rings is 1. The Kier molecular flexibility index (Phi) is 5.64. The lowest BCUT2D eigenvalue weighted by molar-refractivity contribution is -0.138. The number of hydrogen-bond donors (Lipinski definition) is 3. The number of aryl methyl sites for hydroxylation is 1. The molecule has 10 heteroatoms. The molecule has 0 spiro atoms. The summed E-state index contributed by atoms with van der Waals surface area (Å²) in [5.41, 5.74) is 0.137. The van der Waals surface area contributed by atoms with Crippen molar-refractivity contribution in [3.05, 3.63) is 59.0 Å². The van der Waals surface area contributed by atoms with Gasteiger partial charge in [-0.15, -0.1) is 0 Å². The molecule has 0 saturated heterocycles. The molecule has 0 saturated carbocycles. The Morgan fingerprint density at radius 1 is 1.17 bits per heavy atom. The van der Waals surface area contributed by atoms with Crippen LogP contribution in [0.15, 0.2) is 36.8 Å². The number of fused-ring (bicyclic) bond motifs is 1.